The molecule has 0 spiro atoms. The van der Waals surface area contributed by atoms with Crippen molar-refractivity contribution >= 4 is 0 Å². The van der Waals surface area contributed by atoms with E-state index in [2.05, 4.69) is 27.7 Å². The van der Waals surface area contributed by atoms with Crippen LogP contribution in [0.25, 0.3) is 0 Å². The molecule has 0 saturated carbocycles. The molecule has 1 aromatic carbocycles. The van der Waals surface area contributed by atoms with Gasteiger partial charge in [-0.3, -0.25) is 0 Å². The lowest BCUT2D eigenvalue weighted by molar-refractivity contribution is 0.212. The number of rotatable bonds is 20. The smallest absolute Gasteiger partial charge is 0.211 e. The molecule has 0 aliphatic heterocycles. The highest BCUT2D eigenvalue weighted by Crippen LogP contribution is 2.51. The summed E-state index contributed by atoms with van der Waals surface area (Å²) in [5, 5.41) is 0. The Morgan fingerprint density at radius 1 is 0.452 bits per heavy atom. The van der Waals surface area contributed by atoms with Gasteiger partial charge in [-0.1, -0.05) is 66.2 Å². The minimum atomic E-state index is 0.545. The summed E-state index contributed by atoms with van der Waals surface area (Å²) < 4.78 is 30.7. The van der Waals surface area contributed by atoms with Crippen LogP contribution in [0.4, 0.5) is 0 Å². The summed E-state index contributed by atoms with van der Waals surface area (Å²) in [6.07, 6.45) is 10.8. The first kappa shape index (κ1) is 27.3. The fourth-order valence-electron chi connectivity index (χ4n) is 3.11. The normalized spacial score (nSPS) is 10.7. The number of benzene rings is 1. The zero-order valence-corrected chi connectivity index (χ0v) is 20.7. The van der Waals surface area contributed by atoms with Crippen LogP contribution in [0.15, 0.2) is 6.07 Å². The highest BCUT2D eigenvalue weighted by molar-refractivity contribution is 5.65. The van der Waals surface area contributed by atoms with Gasteiger partial charge < -0.3 is 23.7 Å². The summed E-state index contributed by atoms with van der Waals surface area (Å²) in [4.78, 5) is 0. The lowest BCUT2D eigenvalue weighted by Crippen LogP contribution is -2.10. The summed E-state index contributed by atoms with van der Waals surface area (Å²) in [7, 11) is 0. The molecule has 0 N–H and O–H groups in total. The van der Waals surface area contributed by atoms with Crippen LogP contribution >= 0.6 is 0 Å². The molecule has 0 radical (unpaired) electrons. The molecular formula is C26H46O5. The quantitative estimate of drug-likeness (QED) is 0.196. The van der Waals surface area contributed by atoms with E-state index >= 15 is 0 Å². The Labute approximate surface area is 190 Å². The summed E-state index contributed by atoms with van der Waals surface area (Å²) in [5.74, 6) is 3.24. The second-order valence-corrected chi connectivity index (χ2v) is 7.81. The van der Waals surface area contributed by atoms with Crippen molar-refractivity contribution < 1.29 is 23.7 Å². The molecule has 0 aliphatic rings. The van der Waals surface area contributed by atoms with E-state index in [1.165, 1.54) is 19.3 Å². The SMILES string of the molecule is CCCCCCOc1cc(OCC)c(OCCC)c(OCCCC)c1OCCCCC. The van der Waals surface area contributed by atoms with Crippen molar-refractivity contribution in [3.05, 3.63) is 6.07 Å². The molecule has 0 atom stereocenters. The molecule has 0 amide bonds. The van der Waals surface area contributed by atoms with Gasteiger partial charge in [0.25, 0.3) is 0 Å². The van der Waals surface area contributed by atoms with Gasteiger partial charge in [-0.2, -0.15) is 0 Å². The third-order valence-electron chi connectivity index (χ3n) is 4.87. The Kier molecular flexibility index (Phi) is 15.7. The van der Waals surface area contributed by atoms with E-state index in [9.17, 15) is 0 Å². The van der Waals surface area contributed by atoms with Crippen molar-refractivity contribution in [2.75, 3.05) is 33.0 Å². The van der Waals surface area contributed by atoms with Gasteiger partial charge in [-0.05, 0) is 32.6 Å². The number of hydrogen-bond donors (Lipinski definition) is 0. The van der Waals surface area contributed by atoms with Crippen molar-refractivity contribution in [2.45, 2.75) is 98.8 Å². The third-order valence-corrected chi connectivity index (χ3v) is 4.87. The summed E-state index contributed by atoms with van der Waals surface area (Å²) in [6, 6.07) is 1.91. The summed E-state index contributed by atoms with van der Waals surface area (Å²) in [6.45, 7) is 13.7. The van der Waals surface area contributed by atoms with Crippen LogP contribution in [0.2, 0.25) is 0 Å². The van der Waals surface area contributed by atoms with E-state index < -0.39 is 0 Å². The molecule has 5 nitrogen and oxygen atoms in total. The lowest BCUT2D eigenvalue weighted by Gasteiger charge is -2.22. The molecule has 0 bridgehead atoms. The predicted molar refractivity (Wildman–Crippen MR) is 128 cm³/mol. The van der Waals surface area contributed by atoms with Crippen molar-refractivity contribution in [2.24, 2.45) is 0 Å². The van der Waals surface area contributed by atoms with Gasteiger partial charge >= 0.3 is 0 Å². The summed E-state index contributed by atoms with van der Waals surface area (Å²) in [5.41, 5.74) is 0. The van der Waals surface area contributed by atoms with E-state index in [-0.39, 0.29) is 0 Å². The fourth-order valence-corrected chi connectivity index (χ4v) is 3.11. The van der Waals surface area contributed by atoms with Gasteiger partial charge in [-0.15, -0.1) is 0 Å². The van der Waals surface area contributed by atoms with Crippen LogP contribution in [0.5, 0.6) is 28.7 Å². The second kappa shape index (κ2) is 17.9. The van der Waals surface area contributed by atoms with Crippen molar-refractivity contribution in [1.82, 2.24) is 0 Å². The Bertz CT molecular complexity index is 573. The van der Waals surface area contributed by atoms with E-state index in [1.54, 1.807) is 0 Å². The van der Waals surface area contributed by atoms with Crippen molar-refractivity contribution in [3.8, 4) is 28.7 Å². The minimum Gasteiger partial charge on any atom is -0.490 e. The van der Waals surface area contributed by atoms with E-state index in [0.717, 1.165) is 44.9 Å². The van der Waals surface area contributed by atoms with E-state index in [1.807, 2.05) is 13.0 Å². The van der Waals surface area contributed by atoms with Crippen LogP contribution in [-0.2, 0) is 0 Å². The lowest BCUT2D eigenvalue weighted by atomic mass is 10.2. The number of hydrogen-bond acceptors (Lipinski definition) is 5. The summed E-state index contributed by atoms with van der Waals surface area (Å²) >= 11 is 0. The van der Waals surface area contributed by atoms with Crippen LogP contribution < -0.4 is 23.7 Å². The maximum absolute atomic E-state index is 6.25. The molecule has 0 aromatic heterocycles. The first-order valence-electron chi connectivity index (χ1n) is 12.6. The standard InChI is InChI=1S/C26H46O5/c1-6-11-14-16-19-28-23-21-22(27-10-5)24(29-17-9-4)26(31-18-13-8-3)25(23)30-20-15-12-7-2/h21H,6-20H2,1-5H3. The van der Waals surface area contributed by atoms with Gasteiger partial charge in [-0.25, -0.2) is 0 Å². The monoisotopic (exact) mass is 438 g/mol. The van der Waals surface area contributed by atoms with Crippen molar-refractivity contribution in [1.29, 1.82) is 0 Å². The van der Waals surface area contributed by atoms with Crippen molar-refractivity contribution in [3.63, 3.8) is 0 Å². The zero-order chi connectivity index (χ0) is 22.7. The Morgan fingerprint density at radius 2 is 0.968 bits per heavy atom. The minimum absolute atomic E-state index is 0.545. The van der Waals surface area contributed by atoms with Crippen LogP contribution in [-0.4, -0.2) is 33.0 Å². The highest BCUT2D eigenvalue weighted by Gasteiger charge is 2.25. The highest BCUT2D eigenvalue weighted by atomic mass is 16.6. The number of unbranched alkanes of at least 4 members (excludes halogenated alkanes) is 6. The molecule has 0 saturated heterocycles. The topological polar surface area (TPSA) is 46.2 Å². The molecule has 1 rings (SSSR count). The fraction of sp³-hybridized carbons (Fsp3) is 0.769. The molecule has 0 aliphatic carbocycles. The van der Waals surface area contributed by atoms with E-state index in [4.69, 9.17) is 23.7 Å². The second-order valence-electron chi connectivity index (χ2n) is 7.81. The average molecular weight is 439 g/mol. The molecular weight excluding hydrogens is 392 g/mol. The van der Waals surface area contributed by atoms with E-state index in [0.29, 0.717) is 61.8 Å². The van der Waals surface area contributed by atoms with Gasteiger partial charge in [0, 0.05) is 6.07 Å². The van der Waals surface area contributed by atoms with Gasteiger partial charge in [0.2, 0.25) is 17.2 Å². The average Bonchev–Trinajstić information content (AvgIpc) is 2.77. The molecule has 5 heteroatoms. The maximum Gasteiger partial charge on any atom is 0.211 e. The van der Waals surface area contributed by atoms with Crippen LogP contribution in [0.1, 0.15) is 98.8 Å². The first-order chi connectivity index (χ1) is 15.2. The zero-order valence-electron chi connectivity index (χ0n) is 20.7. The third kappa shape index (κ3) is 10.4. The Hall–Kier alpha value is -1.78. The Balaban J connectivity index is 3.25. The molecule has 0 fully saturated rings. The molecule has 0 heterocycles. The molecule has 31 heavy (non-hydrogen) atoms. The Morgan fingerprint density at radius 3 is 1.61 bits per heavy atom. The van der Waals surface area contributed by atoms with Crippen LogP contribution in [0.3, 0.4) is 0 Å². The first-order valence-corrected chi connectivity index (χ1v) is 12.6. The number of ether oxygens (including phenoxy) is 5. The maximum atomic E-state index is 6.25. The molecule has 0 unspecified atom stereocenters. The molecule has 180 valence electrons. The molecule has 1 aromatic rings. The predicted octanol–water partition coefficient (Wildman–Crippen LogP) is 7.58. The van der Waals surface area contributed by atoms with Gasteiger partial charge in [0.1, 0.15) is 0 Å². The van der Waals surface area contributed by atoms with Gasteiger partial charge in [0.15, 0.2) is 11.5 Å². The van der Waals surface area contributed by atoms with Crippen LogP contribution in [0, 0.1) is 0 Å². The van der Waals surface area contributed by atoms with Gasteiger partial charge in [0.05, 0.1) is 33.0 Å². The largest absolute Gasteiger partial charge is 0.490 e.